The smallest absolute Gasteiger partial charge is 0.0535 e. The highest BCUT2D eigenvalue weighted by Crippen LogP contribution is 2.27. The second kappa shape index (κ2) is 4.77. The van der Waals surface area contributed by atoms with E-state index in [9.17, 15) is 0 Å². The third-order valence-electron chi connectivity index (χ3n) is 3.23. The molecule has 0 aliphatic carbocycles. The lowest BCUT2D eigenvalue weighted by molar-refractivity contribution is 0.194. The van der Waals surface area contributed by atoms with Crippen LogP contribution in [-0.4, -0.2) is 19.8 Å². The summed E-state index contributed by atoms with van der Waals surface area (Å²) in [7, 11) is 0. The van der Waals surface area contributed by atoms with Crippen LogP contribution in [0, 0.1) is 0 Å². The van der Waals surface area contributed by atoms with Crippen LogP contribution in [0.5, 0.6) is 0 Å². The zero-order valence-electron chi connectivity index (χ0n) is 9.28. The summed E-state index contributed by atoms with van der Waals surface area (Å²) in [5.74, 6) is 1.04. The molecular formula is C13H19NO. The summed E-state index contributed by atoms with van der Waals surface area (Å²) in [6.07, 6.45) is 1.15. The van der Waals surface area contributed by atoms with Gasteiger partial charge in [-0.15, -0.1) is 0 Å². The SMILES string of the molecule is CC(CN)c1cccc(C2CCOC2)c1. The Hall–Kier alpha value is -0.860. The molecule has 1 aromatic rings. The van der Waals surface area contributed by atoms with Crippen molar-refractivity contribution < 1.29 is 4.74 Å². The van der Waals surface area contributed by atoms with Crippen molar-refractivity contribution in [2.45, 2.75) is 25.2 Å². The molecule has 2 N–H and O–H groups in total. The lowest BCUT2D eigenvalue weighted by Crippen LogP contribution is -2.09. The summed E-state index contributed by atoms with van der Waals surface area (Å²) >= 11 is 0. The van der Waals surface area contributed by atoms with Gasteiger partial charge < -0.3 is 10.5 Å². The molecule has 2 unspecified atom stereocenters. The molecule has 1 fully saturated rings. The second-order valence-electron chi connectivity index (χ2n) is 4.37. The van der Waals surface area contributed by atoms with Crippen molar-refractivity contribution >= 4 is 0 Å². The summed E-state index contributed by atoms with van der Waals surface area (Å²) in [5.41, 5.74) is 8.44. The normalized spacial score (nSPS) is 22.9. The molecule has 2 atom stereocenters. The van der Waals surface area contributed by atoms with E-state index in [-0.39, 0.29) is 0 Å². The Labute approximate surface area is 91.4 Å². The maximum absolute atomic E-state index is 5.68. The first-order valence-electron chi connectivity index (χ1n) is 5.69. The topological polar surface area (TPSA) is 35.2 Å². The van der Waals surface area contributed by atoms with Gasteiger partial charge in [0.15, 0.2) is 0 Å². The molecule has 0 aromatic heterocycles. The van der Waals surface area contributed by atoms with Crippen molar-refractivity contribution in [1.29, 1.82) is 0 Å². The van der Waals surface area contributed by atoms with Gasteiger partial charge in [-0.3, -0.25) is 0 Å². The van der Waals surface area contributed by atoms with Gasteiger partial charge in [0.25, 0.3) is 0 Å². The highest BCUT2D eigenvalue weighted by Gasteiger charge is 2.18. The van der Waals surface area contributed by atoms with Crippen LogP contribution < -0.4 is 5.73 Å². The van der Waals surface area contributed by atoms with Crippen molar-refractivity contribution in [1.82, 2.24) is 0 Å². The molecular weight excluding hydrogens is 186 g/mol. The predicted octanol–water partition coefficient (Wildman–Crippen LogP) is 2.25. The molecule has 0 radical (unpaired) electrons. The highest BCUT2D eigenvalue weighted by molar-refractivity contribution is 5.29. The average Bonchev–Trinajstić information content (AvgIpc) is 2.82. The van der Waals surface area contributed by atoms with Gasteiger partial charge in [-0.2, -0.15) is 0 Å². The van der Waals surface area contributed by atoms with E-state index < -0.39 is 0 Å². The van der Waals surface area contributed by atoms with E-state index in [1.54, 1.807) is 0 Å². The zero-order valence-corrected chi connectivity index (χ0v) is 9.28. The number of rotatable bonds is 3. The minimum Gasteiger partial charge on any atom is -0.381 e. The van der Waals surface area contributed by atoms with Crippen molar-refractivity contribution in [3.05, 3.63) is 35.4 Å². The van der Waals surface area contributed by atoms with Gasteiger partial charge in [0, 0.05) is 12.5 Å². The summed E-state index contributed by atoms with van der Waals surface area (Å²) in [6, 6.07) is 8.79. The van der Waals surface area contributed by atoms with Gasteiger partial charge in [0.2, 0.25) is 0 Å². The summed E-state index contributed by atoms with van der Waals surface area (Å²) in [5, 5.41) is 0. The summed E-state index contributed by atoms with van der Waals surface area (Å²) in [6.45, 7) is 4.66. The third-order valence-corrected chi connectivity index (χ3v) is 3.23. The quantitative estimate of drug-likeness (QED) is 0.821. The van der Waals surface area contributed by atoms with Crippen LogP contribution in [-0.2, 0) is 4.74 Å². The second-order valence-corrected chi connectivity index (χ2v) is 4.37. The highest BCUT2D eigenvalue weighted by atomic mass is 16.5. The molecule has 0 amide bonds. The van der Waals surface area contributed by atoms with E-state index in [1.807, 2.05) is 0 Å². The average molecular weight is 205 g/mol. The molecule has 0 spiro atoms. The lowest BCUT2D eigenvalue weighted by atomic mass is 9.93. The zero-order chi connectivity index (χ0) is 10.7. The van der Waals surface area contributed by atoms with Gasteiger partial charge in [-0.1, -0.05) is 31.2 Å². The molecule has 82 valence electrons. The Bertz CT molecular complexity index is 318. The van der Waals surface area contributed by atoms with Crippen LogP contribution in [0.3, 0.4) is 0 Å². The minimum atomic E-state index is 0.451. The largest absolute Gasteiger partial charge is 0.381 e. The molecule has 1 heterocycles. The minimum absolute atomic E-state index is 0.451. The first-order valence-corrected chi connectivity index (χ1v) is 5.69. The first-order chi connectivity index (χ1) is 7.31. The van der Waals surface area contributed by atoms with Crippen molar-refractivity contribution in [3.8, 4) is 0 Å². The Kier molecular flexibility index (Phi) is 3.39. The summed E-state index contributed by atoms with van der Waals surface area (Å²) < 4.78 is 5.41. The van der Waals surface area contributed by atoms with Crippen LogP contribution in [0.1, 0.15) is 36.3 Å². The fraction of sp³-hybridized carbons (Fsp3) is 0.538. The Morgan fingerprint density at radius 1 is 1.53 bits per heavy atom. The number of nitrogens with two attached hydrogens (primary N) is 1. The van der Waals surface area contributed by atoms with Crippen LogP contribution in [0.2, 0.25) is 0 Å². The third kappa shape index (κ3) is 2.39. The fourth-order valence-corrected chi connectivity index (χ4v) is 2.05. The molecule has 1 saturated heterocycles. The molecule has 1 aliphatic heterocycles. The van der Waals surface area contributed by atoms with E-state index in [1.165, 1.54) is 11.1 Å². The lowest BCUT2D eigenvalue weighted by Gasteiger charge is -2.13. The van der Waals surface area contributed by atoms with Gasteiger partial charge in [0.1, 0.15) is 0 Å². The van der Waals surface area contributed by atoms with E-state index in [2.05, 4.69) is 31.2 Å². The maximum atomic E-state index is 5.68. The Balaban J connectivity index is 2.18. The van der Waals surface area contributed by atoms with Gasteiger partial charge in [0.05, 0.1) is 6.61 Å². The number of hydrogen-bond donors (Lipinski definition) is 1. The molecule has 0 saturated carbocycles. The molecule has 2 nitrogen and oxygen atoms in total. The Morgan fingerprint density at radius 2 is 2.40 bits per heavy atom. The molecule has 15 heavy (non-hydrogen) atoms. The van der Waals surface area contributed by atoms with E-state index in [0.717, 1.165) is 19.6 Å². The maximum Gasteiger partial charge on any atom is 0.0535 e. The first kappa shape index (κ1) is 10.7. The fourth-order valence-electron chi connectivity index (χ4n) is 2.05. The van der Waals surface area contributed by atoms with Gasteiger partial charge in [-0.05, 0) is 30.0 Å². The Morgan fingerprint density at radius 3 is 3.07 bits per heavy atom. The van der Waals surface area contributed by atoms with Crippen molar-refractivity contribution in [2.24, 2.45) is 5.73 Å². The molecule has 1 aliphatic rings. The standard InChI is InChI=1S/C13H19NO/c1-10(8-14)11-3-2-4-12(7-11)13-5-6-15-9-13/h2-4,7,10,13H,5-6,8-9,14H2,1H3. The summed E-state index contributed by atoms with van der Waals surface area (Å²) in [4.78, 5) is 0. The van der Waals surface area contributed by atoms with E-state index in [4.69, 9.17) is 10.5 Å². The van der Waals surface area contributed by atoms with Gasteiger partial charge >= 0.3 is 0 Å². The van der Waals surface area contributed by atoms with E-state index >= 15 is 0 Å². The monoisotopic (exact) mass is 205 g/mol. The number of hydrogen-bond acceptors (Lipinski definition) is 2. The number of benzene rings is 1. The van der Waals surface area contributed by atoms with Crippen LogP contribution in [0.25, 0.3) is 0 Å². The molecule has 1 aromatic carbocycles. The van der Waals surface area contributed by atoms with Crippen molar-refractivity contribution in [3.63, 3.8) is 0 Å². The molecule has 2 rings (SSSR count). The van der Waals surface area contributed by atoms with Gasteiger partial charge in [-0.25, -0.2) is 0 Å². The predicted molar refractivity (Wildman–Crippen MR) is 62.1 cm³/mol. The van der Waals surface area contributed by atoms with Crippen LogP contribution in [0.15, 0.2) is 24.3 Å². The number of ether oxygens (including phenoxy) is 1. The van der Waals surface area contributed by atoms with Crippen LogP contribution >= 0.6 is 0 Å². The molecule has 0 bridgehead atoms. The van der Waals surface area contributed by atoms with Crippen LogP contribution in [0.4, 0.5) is 0 Å². The van der Waals surface area contributed by atoms with E-state index in [0.29, 0.717) is 18.4 Å². The van der Waals surface area contributed by atoms with Crippen molar-refractivity contribution in [2.75, 3.05) is 19.8 Å². The molecule has 2 heteroatoms.